The molecule has 0 radical (unpaired) electrons. The van der Waals surface area contributed by atoms with Gasteiger partial charge in [-0.05, 0) is 12.1 Å². The fourth-order valence-corrected chi connectivity index (χ4v) is 1.84. The van der Waals surface area contributed by atoms with Crippen LogP contribution in [-0.4, -0.2) is 18.1 Å². The molecule has 2 aromatic rings. The van der Waals surface area contributed by atoms with Gasteiger partial charge in [0.2, 0.25) is 0 Å². The van der Waals surface area contributed by atoms with E-state index in [-0.39, 0.29) is 0 Å². The number of carbonyl (C=O) groups is 1. The summed E-state index contributed by atoms with van der Waals surface area (Å²) in [5.41, 5.74) is -2.49. The number of rotatable bonds is 2. The van der Waals surface area contributed by atoms with Crippen LogP contribution in [0.3, 0.4) is 0 Å². The maximum absolute atomic E-state index is 14.2. The molecule has 0 aliphatic heterocycles. The van der Waals surface area contributed by atoms with E-state index in [9.17, 15) is 22.4 Å². The maximum Gasteiger partial charge on any atom is 0.417 e. The lowest BCUT2D eigenvalue weighted by Gasteiger charge is -2.13. The van der Waals surface area contributed by atoms with Crippen molar-refractivity contribution in [2.45, 2.75) is 6.18 Å². The predicted octanol–water partition coefficient (Wildman–Crippen LogP) is 3.69. The molecule has 0 atom stereocenters. The van der Waals surface area contributed by atoms with Crippen molar-refractivity contribution in [2.24, 2.45) is 0 Å². The third-order valence-corrected chi connectivity index (χ3v) is 2.78. The summed E-state index contributed by atoms with van der Waals surface area (Å²) in [6, 6.07) is 5.47. The fourth-order valence-electron chi connectivity index (χ4n) is 1.84. The summed E-state index contributed by atoms with van der Waals surface area (Å²) in [6.07, 6.45) is -3.61. The number of alkyl halides is 3. The summed E-state index contributed by atoms with van der Waals surface area (Å²) in [5.74, 6) is -2.14. The number of aromatic nitrogens is 1. The number of hydrogen-bond acceptors (Lipinski definition) is 3. The molecule has 0 aliphatic rings. The van der Waals surface area contributed by atoms with Crippen LogP contribution < -0.4 is 0 Å². The lowest BCUT2D eigenvalue weighted by atomic mass is 10.0. The summed E-state index contributed by atoms with van der Waals surface area (Å²) in [7, 11) is 1.05. The van der Waals surface area contributed by atoms with E-state index in [2.05, 4.69) is 9.72 Å². The summed E-state index contributed by atoms with van der Waals surface area (Å²) < 4.78 is 57.5. The van der Waals surface area contributed by atoms with Gasteiger partial charge in [-0.3, -0.25) is 4.98 Å². The largest absolute Gasteiger partial charge is 0.465 e. The number of methoxy groups -OCH3 is 1. The number of ether oxygens (including phenoxy) is 1. The van der Waals surface area contributed by atoms with Gasteiger partial charge < -0.3 is 4.74 Å². The molecule has 1 aromatic heterocycles. The highest BCUT2D eigenvalue weighted by atomic mass is 19.4. The molecule has 0 fully saturated rings. The Hall–Kier alpha value is -2.44. The number of benzene rings is 1. The van der Waals surface area contributed by atoms with E-state index in [1.165, 1.54) is 12.1 Å². The van der Waals surface area contributed by atoms with E-state index in [0.29, 0.717) is 0 Å². The molecular formula is C14H9F4NO2. The average molecular weight is 299 g/mol. The smallest absolute Gasteiger partial charge is 0.417 e. The molecule has 0 bridgehead atoms. The van der Waals surface area contributed by atoms with Crippen LogP contribution in [0.15, 0.2) is 36.5 Å². The minimum absolute atomic E-state index is 0.437. The van der Waals surface area contributed by atoms with Gasteiger partial charge in [-0.1, -0.05) is 18.2 Å². The van der Waals surface area contributed by atoms with Gasteiger partial charge in [-0.25, -0.2) is 9.18 Å². The normalized spacial score (nSPS) is 11.3. The van der Waals surface area contributed by atoms with Gasteiger partial charge in [0.15, 0.2) is 5.82 Å². The lowest BCUT2D eigenvalue weighted by molar-refractivity contribution is -0.137. The topological polar surface area (TPSA) is 39.2 Å². The predicted molar refractivity (Wildman–Crippen MR) is 66.0 cm³/mol. The molecule has 110 valence electrons. The number of nitrogens with zero attached hydrogens (tertiary/aromatic N) is 1. The molecule has 0 saturated heterocycles. The molecular weight excluding hydrogens is 290 g/mol. The first kappa shape index (κ1) is 15.0. The van der Waals surface area contributed by atoms with Crippen molar-refractivity contribution in [2.75, 3.05) is 7.11 Å². The van der Waals surface area contributed by atoms with E-state index < -0.39 is 40.3 Å². The summed E-state index contributed by atoms with van der Waals surface area (Å²) in [5, 5.41) is 0. The molecule has 1 aromatic carbocycles. The molecule has 0 N–H and O–H groups in total. The molecule has 7 heteroatoms. The minimum Gasteiger partial charge on any atom is -0.465 e. The lowest BCUT2D eigenvalue weighted by Crippen LogP contribution is -2.10. The molecule has 3 nitrogen and oxygen atoms in total. The highest BCUT2D eigenvalue weighted by molar-refractivity contribution is 5.91. The Morgan fingerprint density at radius 1 is 1.19 bits per heavy atom. The van der Waals surface area contributed by atoms with Gasteiger partial charge in [0.25, 0.3) is 0 Å². The van der Waals surface area contributed by atoms with E-state index in [1.54, 1.807) is 0 Å². The van der Waals surface area contributed by atoms with Crippen molar-refractivity contribution in [3.8, 4) is 11.3 Å². The average Bonchev–Trinajstić information content (AvgIpc) is 2.46. The van der Waals surface area contributed by atoms with Crippen molar-refractivity contribution in [3.05, 3.63) is 53.5 Å². The third kappa shape index (κ3) is 2.86. The number of carbonyl (C=O) groups excluding carboxylic acids is 1. The first-order chi connectivity index (χ1) is 9.86. The molecule has 0 spiro atoms. The Bertz CT molecular complexity index is 683. The van der Waals surface area contributed by atoms with Gasteiger partial charge in [-0.15, -0.1) is 0 Å². The molecule has 21 heavy (non-hydrogen) atoms. The van der Waals surface area contributed by atoms with Gasteiger partial charge in [0, 0.05) is 11.8 Å². The zero-order valence-electron chi connectivity index (χ0n) is 10.7. The van der Waals surface area contributed by atoms with Crippen molar-refractivity contribution < 1.29 is 27.1 Å². The Morgan fingerprint density at radius 3 is 2.48 bits per heavy atom. The van der Waals surface area contributed by atoms with Gasteiger partial charge >= 0.3 is 12.1 Å². The summed E-state index contributed by atoms with van der Waals surface area (Å²) in [6.45, 7) is 0. The van der Waals surface area contributed by atoms with Crippen LogP contribution >= 0.6 is 0 Å². The maximum atomic E-state index is 14.2. The van der Waals surface area contributed by atoms with E-state index in [0.717, 1.165) is 31.5 Å². The van der Waals surface area contributed by atoms with Crippen molar-refractivity contribution >= 4 is 5.97 Å². The quantitative estimate of drug-likeness (QED) is 0.627. The van der Waals surface area contributed by atoms with Crippen LogP contribution in [0.25, 0.3) is 11.3 Å². The van der Waals surface area contributed by atoms with E-state index >= 15 is 0 Å². The Kier molecular flexibility index (Phi) is 3.93. The molecule has 0 saturated carbocycles. The highest BCUT2D eigenvalue weighted by Crippen LogP contribution is 2.37. The fraction of sp³-hybridized carbons (Fsp3) is 0.143. The first-order valence-corrected chi connectivity index (χ1v) is 5.75. The SMILES string of the molecule is COC(=O)c1ccnc(-c2ccccc2C(F)(F)F)c1F. The van der Waals surface area contributed by atoms with Gasteiger partial charge in [0.1, 0.15) is 5.69 Å². The molecule has 0 unspecified atom stereocenters. The molecule has 2 rings (SSSR count). The van der Waals surface area contributed by atoms with E-state index in [4.69, 9.17) is 0 Å². The second-order valence-corrected chi connectivity index (χ2v) is 4.06. The second kappa shape index (κ2) is 5.51. The van der Waals surface area contributed by atoms with Crippen LogP contribution in [0.1, 0.15) is 15.9 Å². The van der Waals surface area contributed by atoms with Crippen molar-refractivity contribution in [3.63, 3.8) is 0 Å². The standard InChI is InChI=1S/C14H9F4NO2/c1-21-13(20)9-6-7-19-12(11(9)15)8-4-2-3-5-10(8)14(16,17)18/h2-7H,1H3. The number of esters is 1. The number of pyridine rings is 1. The first-order valence-electron chi connectivity index (χ1n) is 5.75. The van der Waals surface area contributed by atoms with Crippen LogP contribution in [0.5, 0.6) is 0 Å². The third-order valence-electron chi connectivity index (χ3n) is 2.78. The van der Waals surface area contributed by atoms with Crippen molar-refractivity contribution in [1.82, 2.24) is 4.98 Å². The molecule has 0 amide bonds. The summed E-state index contributed by atoms with van der Waals surface area (Å²) >= 11 is 0. The Balaban J connectivity index is 2.67. The van der Waals surface area contributed by atoms with Crippen molar-refractivity contribution in [1.29, 1.82) is 0 Å². The van der Waals surface area contributed by atoms with Crippen LogP contribution in [0.4, 0.5) is 17.6 Å². The second-order valence-electron chi connectivity index (χ2n) is 4.06. The monoisotopic (exact) mass is 299 g/mol. The van der Waals surface area contributed by atoms with Crippen LogP contribution in [-0.2, 0) is 10.9 Å². The zero-order valence-corrected chi connectivity index (χ0v) is 10.7. The highest BCUT2D eigenvalue weighted by Gasteiger charge is 2.34. The number of halogens is 4. The van der Waals surface area contributed by atoms with Gasteiger partial charge in [0.05, 0.1) is 18.2 Å². The Labute approximate surface area is 117 Å². The van der Waals surface area contributed by atoms with Crippen LogP contribution in [0.2, 0.25) is 0 Å². The molecule has 1 heterocycles. The van der Waals surface area contributed by atoms with Gasteiger partial charge in [-0.2, -0.15) is 13.2 Å². The zero-order chi connectivity index (χ0) is 15.6. The Morgan fingerprint density at radius 2 is 1.86 bits per heavy atom. The van der Waals surface area contributed by atoms with Crippen LogP contribution in [0, 0.1) is 5.82 Å². The van der Waals surface area contributed by atoms with E-state index in [1.807, 2.05) is 0 Å². The molecule has 0 aliphatic carbocycles. The minimum atomic E-state index is -4.66. The summed E-state index contributed by atoms with van der Waals surface area (Å²) in [4.78, 5) is 15.0. The number of hydrogen-bond donors (Lipinski definition) is 0.